The van der Waals surface area contributed by atoms with Crippen molar-refractivity contribution in [2.75, 3.05) is 39.8 Å². The fourth-order valence-electron chi connectivity index (χ4n) is 2.72. The van der Waals surface area contributed by atoms with Crippen molar-refractivity contribution in [3.63, 3.8) is 0 Å². The number of aliphatic carboxylic acids is 1. The molecule has 1 aromatic carbocycles. The first kappa shape index (κ1) is 15.8. The van der Waals surface area contributed by atoms with E-state index in [4.69, 9.17) is 9.84 Å². The summed E-state index contributed by atoms with van der Waals surface area (Å²) in [5.41, 5.74) is 1.29. The molecule has 0 aromatic heterocycles. The van der Waals surface area contributed by atoms with Crippen LogP contribution in [0.1, 0.15) is 24.9 Å². The molecule has 0 aliphatic carbocycles. The Kier molecular flexibility index (Phi) is 5.59. The van der Waals surface area contributed by atoms with E-state index in [1.807, 2.05) is 12.1 Å². The summed E-state index contributed by atoms with van der Waals surface area (Å²) in [5, 5.41) is 8.73. The van der Waals surface area contributed by atoms with Crippen molar-refractivity contribution in [3.05, 3.63) is 29.8 Å². The Morgan fingerprint density at radius 3 is 2.38 bits per heavy atom. The Balaban J connectivity index is 1.84. The third-order valence-corrected chi connectivity index (χ3v) is 4.19. The smallest absolute Gasteiger partial charge is 0.304 e. The van der Waals surface area contributed by atoms with Gasteiger partial charge in [-0.05, 0) is 24.6 Å². The molecule has 1 N–H and O–H groups in total. The van der Waals surface area contributed by atoms with E-state index in [9.17, 15) is 4.79 Å². The van der Waals surface area contributed by atoms with Crippen LogP contribution in [0.25, 0.3) is 0 Å². The average molecular weight is 292 g/mol. The Bertz CT molecular complexity index is 453. The molecule has 1 unspecified atom stereocenters. The van der Waals surface area contributed by atoms with Gasteiger partial charge in [0.15, 0.2) is 0 Å². The predicted molar refractivity (Wildman–Crippen MR) is 81.7 cm³/mol. The lowest BCUT2D eigenvalue weighted by Crippen LogP contribution is -2.47. The Morgan fingerprint density at radius 2 is 1.86 bits per heavy atom. The van der Waals surface area contributed by atoms with Crippen molar-refractivity contribution in [1.29, 1.82) is 0 Å². The lowest BCUT2D eigenvalue weighted by Gasteiger charge is -2.38. The van der Waals surface area contributed by atoms with Gasteiger partial charge < -0.3 is 14.7 Å². The van der Waals surface area contributed by atoms with Crippen LogP contribution in [0.2, 0.25) is 0 Å². The Hall–Kier alpha value is -1.59. The first-order valence-corrected chi connectivity index (χ1v) is 7.42. The number of nitrogens with zero attached hydrogens (tertiary/aromatic N) is 2. The van der Waals surface area contributed by atoms with Gasteiger partial charge in [0.05, 0.1) is 13.5 Å². The van der Waals surface area contributed by atoms with Crippen LogP contribution in [0.3, 0.4) is 0 Å². The predicted octanol–water partition coefficient (Wildman–Crippen LogP) is 1.85. The van der Waals surface area contributed by atoms with E-state index in [0.29, 0.717) is 12.6 Å². The number of piperazine rings is 1. The van der Waals surface area contributed by atoms with Crippen LogP contribution in [0, 0.1) is 0 Å². The largest absolute Gasteiger partial charge is 0.497 e. The van der Waals surface area contributed by atoms with E-state index in [-0.39, 0.29) is 6.42 Å². The minimum Gasteiger partial charge on any atom is -0.497 e. The van der Waals surface area contributed by atoms with Crippen LogP contribution in [0.15, 0.2) is 24.3 Å². The molecule has 0 amide bonds. The van der Waals surface area contributed by atoms with Crippen LogP contribution in [-0.2, 0) is 4.79 Å². The number of methoxy groups -OCH3 is 1. The van der Waals surface area contributed by atoms with Crippen LogP contribution >= 0.6 is 0 Å². The molecule has 5 nitrogen and oxygen atoms in total. The number of carbonyl (C=O) groups is 1. The zero-order valence-corrected chi connectivity index (χ0v) is 12.8. The summed E-state index contributed by atoms with van der Waals surface area (Å²) in [6, 6.07) is 8.59. The summed E-state index contributed by atoms with van der Waals surface area (Å²) in [5.74, 6) is 0.161. The second-order valence-electron chi connectivity index (χ2n) is 5.47. The second-order valence-corrected chi connectivity index (χ2v) is 5.47. The minimum atomic E-state index is -0.718. The zero-order chi connectivity index (χ0) is 15.2. The van der Waals surface area contributed by atoms with Gasteiger partial charge in [0.2, 0.25) is 0 Å². The molecule has 116 valence electrons. The van der Waals surface area contributed by atoms with Crippen molar-refractivity contribution in [1.82, 2.24) is 9.80 Å². The molecular weight excluding hydrogens is 268 g/mol. The SMILES string of the molecule is COc1ccc(C(C)N2CCN(CCC(=O)O)CC2)cc1. The average Bonchev–Trinajstić information content (AvgIpc) is 2.53. The first-order valence-electron chi connectivity index (χ1n) is 7.42. The van der Waals surface area contributed by atoms with Gasteiger partial charge in [-0.1, -0.05) is 12.1 Å². The van der Waals surface area contributed by atoms with Gasteiger partial charge in [-0.25, -0.2) is 0 Å². The summed E-state index contributed by atoms with van der Waals surface area (Å²) in [7, 11) is 1.68. The molecule has 0 saturated carbocycles. The molecule has 1 atom stereocenters. The maximum atomic E-state index is 10.6. The van der Waals surface area contributed by atoms with E-state index >= 15 is 0 Å². The highest BCUT2D eigenvalue weighted by Crippen LogP contribution is 2.23. The number of carboxylic acids is 1. The third kappa shape index (κ3) is 4.44. The quantitative estimate of drug-likeness (QED) is 0.867. The normalized spacial score (nSPS) is 18.4. The zero-order valence-electron chi connectivity index (χ0n) is 12.8. The minimum absolute atomic E-state index is 0.230. The molecule has 5 heteroatoms. The monoisotopic (exact) mass is 292 g/mol. The van der Waals surface area contributed by atoms with Crippen LogP contribution in [-0.4, -0.2) is 60.7 Å². The number of rotatable bonds is 6. The third-order valence-electron chi connectivity index (χ3n) is 4.19. The number of hydrogen-bond donors (Lipinski definition) is 1. The summed E-state index contributed by atoms with van der Waals surface area (Å²) in [6.07, 6.45) is 0.230. The van der Waals surface area contributed by atoms with Gasteiger partial charge in [-0.3, -0.25) is 9.69 Å². The number of hydrogen-bond acceptors (Lipinski definition) is 4. The van der Waals surface area contributed by atoms with Gasteiger partial charge in [-0.15, -0.1) is 0 Å². The second kappa shape index (κ2) is 7.43. The highest BCUT2D eigenvalue weighted by atomic mass is 16.5. The van der Waals surface area contributed by atoms with E-state index in [1.54, 1.807) is 7.11 Å². The molecule has 1 aliphatic heterocycles. The lowest BCUT2D eigenvalue weighted by molar-refractivity contribution is -0.137. The Labute approximate surface area is 126 Å². The summed E-state index contributed by atoms with van der Waals surface area (Å²) >= 11 is 0. The van der Waals surface area contributed by atoms with E-state index in [0.717, 1.165) is 31.9 Å². The summed E-state index contributed by atoms with van der Waals surface area (Å²) < 4.78 is 5.19. The van der Waals surface area contributed by atoms with E-state index < -0.39 is 5.97 Å². The molecule has 0 spiro atoms. The van der Waals surface area contributed by atoms with Gasteiger partial charge in [-0.2, -0.15) is 0 Å². The molecule has 0 radical (unpaired) electrons. The van der Waals surface area contributed by atoms with E-state index in [2.05, 4.69) is 28.9 Å². The van der Waals surface area contributed by atoms with Gasteiger partial charge in [0.25, 0.3) is 0 Å². The fraction of sp³-hybridized carbons (Fsp3) is 0.562. The maximum absolute atomic E-state index is 10.6. The highest BCUT2D eigenvalue weighted by molar-refractivity contribution is 5.66. The highest BCUT2D eigenvalue weighted by Gasteiger charge is 2.22. The molecule has 0 bridgehead atoms. The first-order chi connectivity index (χ1) is 10.1. The van der Waals surface area contributed by atoms with Crippen LogP contribution < -0.4 is 4.74 Å². The molecule has 1 heterocycles. The lowest BCUT2D eigenvalue weighted by atomic mass is 10.1. The van der Waals surface area contributed by atoms with Gasteiger partial charge >= 0.3 is 5.97 Å². The number of ether oxygens (including phenoxy) is 1. The molecule has 1 aromatic rings. The van der Waals surface area contributed by atoms with Crippen molar-refractivity contribution < 1.29 is 14.6 Å². The fourth-order valence-corrected chi connectivity index (χ4v) is 2.72. The van der Waals surface area contributed by atoms with Crippen LogP contribution in [0.4, 0.5) is 0 Å². The van der Waals surface area contributed by atoms with Crippen molar-refractivity contribution in [2.24, 2.45) is 0 Å². The molecule has 21 heavy (non-hydrogen) atoms. The molecule has 1 fully saturated rings. The molecule has 2 rings (SSSR count). The molecule has 1 aliphatic rings. The summed E-state index contributed by atoms with van der Waals surface area (Å²) in [6.45, 7) is 6.70. The summed E-state index contributed by atoms with van der Waals surface area (Å²) in [4.78, 5) is 15.3. The topological polar surface area (TPSA) is 53.0 Å². The van der Waals surface area contributed by atoms with E-state index in [1.165, 1.54) is 5.56 Å². The van der Waals surface area contributed by atoms with Crippen molar-refractivity contribution in [3.8, 4) is 5.75 Å². The molecular formula is C16H24N2O3. The standard InChI is InChI=1S/C16H24N2O3/c1-13(14-3-5-15(21-2)6-4-14)18-11-9-17(10-12-18)8-7-16(19)20/h3-6,13H,7-12H2,1-2H3,(H,19,20). The van der Waals surface area contributed by atoms with Gasteiger partial charge in [0, 0.05) is 38.8 Å². The van der Waals surface area contributed by atoms with Crippen molar-refractivity contribution in [2.45, 2.75) is 19.4 Å². The van der Waals surface area contributed by atoms with Gasteiger partial charge in [0.1, 0.15) is 5.75 Å². The maximum Gasteiger partial charge on any atom is 0.304 e. The van der Waals surface area contributed by atoms with Crippen molar-refractivity contribution >= 4 is 5.97 Å². The Morgan fingerprint density at radius 1 is 1.24 bits per heavy atom. The number of carboxylic acid groups (broad SMARTS) is 1. The number of benzene rings is 1. The van der Waals surface area contributed by atoms with Crippen LogP contribution in [0.5, 0.6) is 5.75 Å². The molecule has 1 saturated heterocycles.